The van der Waals surface area contributed by atoms with E-state index >= 15 is 0 Å². The van der Waals surface area contributed by atoms with E-state index in [4.69, 9.17) is 0 Å². The summed E-state index contributed by atoms with van der Waals surface area (Å²) in [4.78, 5) is 37.4. The smallest absolute Gasteiger partial charge is 0.261 e. The van der Waals surface area contributed by atoms with E-state index in [1.807, 2.05) is 13.0 Å². The summed E-state index contributed by atoms with van der Waals surface area (Å²) < 4.78 is 0. The van der Waals surface area contributed by atoms with Gasteiger partial charge in [0.2, 0.25) is 5.91 Å². The second-order valence-electron chi connectivity index (χ2n) is 6.16. The molecule has 2 aliphatic rings. The third-order valence-electron chi connectivity index (χ3n) is 4.20. The van der Waals surface area contributed by atoms with Crippen LogP contribution in [-0.4, -0.2) is 35.7 Å². The third-order valence-corrected chi connectivity index (χ3v) is 4.20. The molecule has 1 aromatic carbocycles. The van der Waals surface area contributed by atoms with Gasteiger partial charge in [-0.25, -0.2) is 0 Å². The number of carbonyl (C=O) groups excluding carboxylic acids is 3. The van der Waals surface area contributed by atoms with Gasteiger partial charge in [-0.15, -0.1) is 0 Å². The number of imide groups is 1. The highest BCUT2D eigenvalue weighted by molar-refractivity contribution is 6.21. The molecular weight excluding hydrogens is 280 g/mol. The molecule has 0 radical (unpaired) electrons. The highest BCUT2D eigenvalue weighted by Crippen LogP contribution is 2.27. The average molecular weight is 300 g/mol. The van der Waals surface area contributed by atoms with E-state index in [1.165, 1.54) is 17.7 Å². The Labute approximate surface area is 129 Å². The molecule has 1 aliphatic carbocycles. The zero-order valence-electron chi connectivity index (χ0n) is 12.7. The number of nitrogens with zero attached hydrogens (tertiary/aromatic N) is 1. The lowest BCUT2D eigenvalue weighted by molar-refractivity contribution is -0.121. The van der Waals surface area contributed by atoms with Crippen LogP contribution in [0.15, 0.2) is 18.2 Å². The van der Waals surface area contributed by atoms with Gasteiger partial charge >= 0.3 is 0 Å². The van der Waals surface area contributed by atoms with Crippen molar-refractivity contribution in [2.24, 2.45) is 5.92 Å². The first-order chi connectivity index (χ1) is 10.6. The van der Waals surface area contributed by atoms with Crippen LogP contribution in [0.25, 0.3) is 0 Å². The van der Waals surface area contributed by atoms with E-state index in [0.717, 1.165) is 12.1 Å². The van der Waals surface area contributed by atoms with Gasteiger partial charge in [0.1, 0.15) is 0 Å². The minimum atomic E-state index is -0.251. The molecular formula is C17H20N2O3. The molecule has 5 nitrogen and oxygen atoms in total. The summed E-state index contributed by atoms with van der Waals surface area (Å²) in [5.41, 5.74) is 1.90. The highest BCUT2D eigenvalue weighted by Gasteiger charge is 2.34. The molecule has 3 amide bonds. The lowest BCUT2D eigenvalue weighted by Gasteiger charge is -2.13. The first-order valence-corrected chi connectivity index (χ1v) is 7.80. The zero-order valence-corrected chi connectivity index (χ0v) is 12.7. The molecule has 0 saturated heterocycles. The molecule has 0 unspecified atom stereocenters. The van der Waals surface area contributed by atoms with Crippen LogP contribution in [0.2, 0.25) is 0 Å². The summed E-state index contributed by atoms with van der Waals surface area (Å²) in [6.07, 6.45) is 3.25. The first-order valence-electron chi connectivity index (χ1n) is 7.80. The average Bonchev–Trinajstić information content (AvgIpc) is 3.29. The number of fused-ring (bicyclic) bond motifs is 1. The maximum Gasteiger partial charge on any atom is 0.261 e. The minimum Gasteiger partial charge on any atom is -0.356 e. The Morgan fingerprint density at radius 3 is 2.68 bits per heavy atom. The largest absolute Gasteiger partial charge is 0.356 e. The molecule has 0 bridgehead atoms. The second kappa shape index (κ2) is 5.91. The van der Waals surface area contributed by atoms with Crippen molar-refractivity contribution in [3.63, 3.8) is 0 Å². The van der Waals surface area contributed by atoms with Gasteiger partial charge in [0.15, 0.2) is 0 Å². The molecule has 1 aromatic rings. The van der Waals surface area contributed by atoms with Crippen LogP contribution in [0, 0.1) is 12.8 Å². The van der Waals surface area contributed by atoms with Crippen molar-refractivity contribution < 1.29 is 14.4 Å². The van der Waals surface area contributed by atoms with Crippen LogP contribution in [0.5, 0.6) is 0 Å². The minimum absolute atomic E-state index is 0.000599. The number of benzene rings is 1. The predicted molar refractivity (Wildman–Crippen MR) is 81.5 cm³/mol. The van der Waals surface area contributed by atoms with Crippen molar-refractivity contribution in [3.05, 3.63) is 34.9 Å². The molecule has 1 heterocycles. The van der Waals surface area contributed by atoms with Gasteiger partial charge in [-0.3, -0.25) is 19.3 Å². The number of aryl methyl sites for hydroxylation is 1. The van der Waals surface area contributed by atoms with Crippen LogP contribution < -0.4 is 5.32 Å². The summed E-state index contributed by atoms with van der Waals surface area (Å²) in [6.45, 7) is 2.94. The molecule has 0 atom stereocenters. The number of hydrogen-bond donors (Lipinski definition) is 1. The Hall–Kier alpha value is -2.17. The molecule has 0 spiro atoms. The monoisotopic (exact) mass is 300 g/mol. The van der Waals surface area contributed by atoms with Crippen molar-refractivity contribution in [3.8, 4) is 0 Å². The van der Waals surface area contributed by atoms with E-state index in [2.05, 4.69) is 5.32 Å². The molecule has 1 aliphatic heterocycles. The fraction of sp³-hybridized carbons (Fsp3) is 0.471. The molecule has 5 heteroatoms. The molecule has 116 valence electrons. The SMILES string of the molecule is Cc1ccc2c(c1)C(=O)N(CCCC(=O)NCC1CC1)C2=O. The molecule has 1 fully saturated rings. The molecule has 22 heavy (non-hydrogen) atoms. The van der Waals surface area contributed by atoms with Crippen LogP contribution in [0.1, 0.15) is 52.0 Å². The van der Waals surface area contributed by atoms with Gasteiger partial charge in [-0.1, -0.05) is 11.6 Å². The summed E-state index contributed by atoms with van der Waals surface area (Å²) in [5.74, 6) is 0.156. The zero-order chi connectivity index (χ0) is 15.7. The molecule has 1 saturated carbocycles. The topological polar surface area (TPSA) is 66.5 Å². The van der Waals surface area contributed by atoms with Crippen LogP contribution in [-0.2, 0) is 4.79 Å². The quantitative estimate of drug-likeness (QED) is 0.816. The predicted octanol–water partition coefficient (Wildman–Crippen LogP) is 1.90. The molecule has 1 N–H and O–H groups in total. The standard InChI is InChI=1S/C17H20N2O3/c1-11-4-7-13-14(9-11)17(22)19(16(13)21)8-2-3-15(20)18-10-12-5-6-12/h4,7,9,12H,2-3,5-6,8,10H2,1H3,(H,18,20). The van der Waals surface area contributed by atoms with Crippen molar-refractivity contribution >= 4 is 17.7 Å². The molecule has 0 aromatic heterocycles. The number of nitrogens with one attached hydrogen (secondary N) is 1. The lowest BCUT2D eigenvalue weighted by Crippen LogP contribution is -2.32. The van der Waals surface area contributed by atoms with E-state index in [9.17, 15) is 14.4 Å². The summed E-state index contributed by atoms with van der Waals surface area (Å²) >= 11 is 0. The fourth-order valence-corrected chi connectivity index (χ4v) is 2.67. The van der Waals surface area contributed by atoms with Crippen LogP contribution >= 0.6 is 0 Å². The van der Waals surface area contributed by atoms with Gasteiger partial charge in [0.05, 0.1) is 11.1 Å². The van der Waals surface area contributed by atoms with Crippen molar-refractivity contribution in [2.45, 2.75) is 32.6 Å². The van der Waals surface area contributed by atoms with E-state index in [0.29, 0.717) is 36.4 Å². The van der Waals surface area contributed by atoms with Crippen LogP contribution in [0.3, 0.4) is 0 Å². The van der Waals surface area contributed by atoms with E-state index in [1.54, 1.807) is 12.1 Å². The highest BCUT2D eigenvalue weighted by atomic mass is 16.2. The lowest BCUT2D eigenvalue weighted by atomic mass is 10.1. The fourth-order valence-electron chi connectivity index (χ4n) is 2.67. The summed E-state index contributed by atoms with van der Waals surface area (Å²) in [5, 5.41) is 2.89. The van der Waals surface area contributed by atoms with Crippen LogP contribution in [0.4, 0.5) is 0 Å². The normalized spacial score (nSPS) is 16.9. The third kappa shape index (κ3) is 3.03. The van der Waals surface area contributed by atoms with Crippen molar-refractivity contribution in [2.75, 3.05) is 13.1 Å². The Bertz CT molecular complexity index is 635. The maximum atomic E-state index is 12.3. The van der Waals surface area contributed by atoms with Gasteiger partial charge < -0.3 is 5.32 Å². The number of hydrogen-bond acceptors (Lipinski definition) is 3. The number of carbonyl (C=O) groups is 3. The van der Waals surface area contributed by atoms with E-state index < -0.39 is 0 Å². The maximum absolute atomic E-state index is 12.3. The van der Waals surface area contributed by atoms with Gasteiger partial charge in [0.25, 0.3) is 11.8 Å². The van der Waals surface area contributed by atoms with Crippen molar-refractivity contribution in [1.82, 2.24) is 10.2 Å². The number of rotatable bonds is 6. The molecule has 3 rings (SSSR count). The van der Waals surface area contributed by atoms with Crippen molar-refractivity contribution in [1.29, 1.82) is 0 Å². The second-order valence-corrected chi connectivity index (χ2v) is 6.16. The number of amides is 3. The Morgan fingerprint density at radius 2 is 1.95 bits per heavy atom. The Balaban J connectivity index is 1.52. The first kappa shape index (κ1) is 14.8. The Morgan fingerprint density at radius 1 is 1.23 bits per heavy atom. The Kier molecular flexibility index (Phi) is 3.96. The summed E-state index contributed by atoms with van der Waals surface area (Å²) in [6, 6.07) is 5.28. The van der Waals surface area contributed by atoms with Gasteiger partial charge in [-0.2, -0.15) is 0 Å². The van der Waals surface area contributed by atoms with E-state index in [-0.39, 0.29) is 17.7 Å². The van der Waals surface area contributed by atoms with Gasteiger partial charge in [0, 0.05) is 19.5 Å². The van der Waals surface area contributed by atoms with Gasteiger partial charge in [-0.05, 0) is 44.2 Å². The summed E-state index contributed by atoms with van der Waals surface area (Å²) in [7, 11) is 0.